The van der Waals surface area contributed by atoms with Gasteiger partial charge in [0.2, 0.25) is 0 Å². The van der Waals surface area contributed by atoms with Gasteiger partial charge in [-0.15, -0.1) is 11.3 Å². The number of aliphatic hydroxyl groups is 1. The van der Waals surface area contributed by atoms with Crippen LogP contribution in [0.15, 0.2) is 24.3 Å². The van der Waals surface area contributed by atoms with Crippen molar-refractivity contribution in [2.45, 2.75) is 90.1 Å². The first-order chi connectivity index (χ1) is 13.7. The van der Waals surface area contributed by atoms with Crippen LogP contribution in [0.2, 0.25) is 0 Å². The molecule has 1 heterocycles. The Morgan fingerprint density at radius 2 is 1.61 bits per heavy atom. The van der Waals surface area contributed by atoms with E-state index in [2.05, 4.69) is 38.1 Å². The summed E-state index contributed by atoms with van der Waals surface area (Å²) in [7, 11) is 0. The highest BCUT2D eigenvalue weighted by molar-refractivity contribution is 7.17. The minimum Gasteiger partial charge on any atom is -0.392 e. The minimum absolute atomic E-state index is 0.0396. The Bertz CT molecular complexity index is 778. The Labute approximate surface area is 174 Å². The largest absolute Gasteiger partial charge is 0.392 e. The zero-order valence-corrected chi connectivity index (χ0v) is 18.2. The van der Waals surface area contributed by atoms with Gasteiger partial charge in [0.25, 0.3) is 0 Å². The van der Waals surface area contributed by atoms with Gasteiger partial charge in [-0.3, -0.25) is 4.79 Å². The van der Waals surface area contributed by atoms with Gasteiger partial charge in [0.05, 0.1) is 11.5 Å². The van der Waals surface area contributed by atoms with Crippen LogP contribution in [-0.2, 0) is 12.0 Å². The summed E-state index contributed by atoms with van der Waals surface area (Å²) in [5, 5.41) is 9.65. The van der Waals surface area contributed by atoms with Crippen molar-refractivity contribution in [3.63, 3.8) is 0 Å². The van der Waals surface area contributed by atoms with E-state index in [1.807, 2.05) is 0 Å². The van der Waals surface area contributed by atoms with Crippen LogP contribution in [0.1, 0.15) is 104 Å². The number of carbonyl (C=O) groups is 1. The predicted molar refractivity (Wildman–Crippen MR) is 119 cm³/mol. The van der Waals surface area contributed by atoms with Gasteiger partial charge >= 0.3 is 0 Å². The van der Waals surface area contributed by atoms with E-state index in [4.69, 9.17) is 0 Å². The van der Waals surface area contributed by atoms with Crippen molar-refractivity contribution in [2.24, 2.45) is 0 Å². The molecule has 3 heteroatoms. The van der Waals surface area contributed by atoms with Gasteiger partial charge in [0, 0.05) is 10.3 Å². The molecule has 1 aliphatic carbocycles. The molecule has 0 fully saturated rings. The lowest BCUT2D eigenvalue weighted by Crippen LogP contribution is -2.25. The van der Waals surface area contributed by atoms with E-state index < -0.39 is 0 Å². The molecule has 0 atom stereocenters. The second-order valence-electron chi connectivity index (χ2n) is 8.25. The highest BCUT2D eigenvalue weighted by Gasteiger charge is 2.43. The highest BCUT2D eigenvalue weighted by Crippen LogP contribution is 2.57. The fourth-order valence-electron chi connectivity index (χ4n) is 4.83. The third-order valence-electron chi connectivity index (χ3n) is 6.32. The third-order valence-corrected chi connectivity index (χ3v) is 7.42. The smallest absolute Gasteiger partial charge is 0.160 e. The molecule has 0 radical (unpaired) electrons. The van der Waals surface area contributed by atoms with Crippen LogP contribution in [-0.4, -0.2) is 11.4 Å². The molecule has 1 aliphatic rings. The molecule has 0 spiro atoms. The first kappa shape index (κ1) is 21.3. The van der Waals surface area contributed by atoms with Gasteiger partial charge in [-0.1, -0.05) is 77.3 Å². The maximum absolute atomic E-state index is 11.5. The van der Waals surface area contributed by atoms with Gasteiger partial charge in [-0.2, -0.15) is 0 Å². The summed E-state index contributed by atoms with van der Waals surface area (Å²) in [6.07, 6.45) is 13.4. The zero-order valence-electron chi connectivity index (χ0n) is 17.4. The lowest BCUT2D eigenvalue weighted by Gasteiger charge is -2.32. The van der Waals surface area contributed by atoms with Crippen molar-refractivity contribution >= 4 is 17.6 Å². The molecule has 1 aromatic carbocycles. The lowest BCUT2D eigenvalue weighted by atomic mass is 9.71. The molecule has 1 aromatic heterocycles. The predicted octanol–water partition coefficient (Wildman–Crippen LogP) is 7.26. The maximum Gasteiger partial charge on any atom is 0.160 e. The van der Waals surface area contributed by atoms with Gasteiger partial charge < -0.3 is 5.11 Å². The SMILES string of the molecule is CCCCCCC1(CCCCCC)c2ccc(CO)cc2-c2sc(C=O)cc21. The Balaban J connectivity index is 2.02. The average molecular weight is 399 g/mol. The number of benzene rings is 1. The maximum atomic E-state index is 11.5. The minimum atomic E-state index is 0.0396. The second-order valence-corrected chi connectivity index (χ2v) is 9.33. The molecule has 0 aliphatic heterocycles. The fraction of sp³-hybridized carbons (Fsp3) is 0.560. The molecule has 0 saturated heterocycles. The molecule has 152 valence electrons. The molecule has 28 heavy (non-hydrogen) atoms. The summed E-state index contributed by atoms with van der Waals surface area (Å²) in [6, 6.07) is 8.65. The number of aldehydes is 1. The summed E-state index contributed by atoms with van der Waals surface area (Å²) < 4.78 is 0. The summed E-state index contributed by atoms with van der Waals surface area (Å²) in [5.74, 6) is 0. The molecule has 0 amide bonds. The Kier molecular flexibility index (Phi) is 7.48. The second kappa shape index (κ2) is 9.84. The summed E-state index contributed by atoms with van der Waals surface area (Å²) in [5.41, 5.74) is 5.05. The number of thiophene rings is 1. The standard InChI is InChI=1S/C25H34O2S/c1-3-5-7-9-13-25(14-10-8-6-4-2)22-12-11-19(17-26)15-21(22)24-23(25)16-20(18-27)28-24/h11-12,15-16,18,26H,3-10,13-14,17H2,1-2H3. The number of hydrogen-bond acceptors (Lipinski definition) is 3. The molecule has 2 nitrogen and oxygen atoms in total. The van der Waals surface area contributed by atoms with Gasteiger partial charge in [0.15, 0.2) is 6.29 Å². The normalized spacial score (nSPS) is 14.1. The molecule has 1 N–H and O–H groups in total. The van der Waals surface area contributed by atoms with Crippen LogP contribution >= 0.6 is 11.3 Å². The van der Waals surface area contributed by atoms with Crippen LogP contribution in [0.25, 0.3) is 10.4 Å². The molecule has 2 aromatic rings. The molecule has 0 unspecified atom stereocenters. The average Bonchev–Trinajstić information content (AvgIpc) is 3.26. The van der Waals surface area contributed by atoms with E-state index in [1.54, 1.807) is 11.3 Å². The van der Waals surface area contributed by atoms with Crippen LogP contribution < -0.4 is 0 Å². The molecular formula is C25H34O2S. The third kappa shape index (κ3) is 4.11. The summed E-state index contributed by atoms with van der Waals surface area (Å²) in [4.78, 5) is 13.6. The van der Waals surface area contributed by atoms with Crippen LogP contribution in [0, 0.1) is 0 Å². The monoisotopic (exact) mass is 398 g/mol. The van der Waals surface area contributed by atoms with E-state index in [1.165, 1.54) is 72.9 Å². The van der Waals surface area contributed by atoms with E-state index in [9.17, 15) is 9.90 Å². The quantitative estimate of drug-likeness (QED) is 0.302. The van der Waals surface area contributed by atoms with E-state index in [0.29, 0.717) is 0 Å². The molecular weight excluding hydrogens is 364 g/mol. The van der Waals surface area contributed by atoms with E-state index in [-0.39, 0.29) is 12.0 Å². The first-order valence-corrected chi connectivity index (χ1v) is 11.9. The number of unbranched alkanes of at least 4 members (excludes halogenated alkanes) is 6. The van der Waals surface area contributed by atoms with Crippen LogP contribution in [0.5, 0.6) is 0 Å². The number of fused-ring (bicyclic) bond motifs is 3. The van der Waals surface area contributed by atoms with Crippen LogP contribution in [0.3, 0.4) is 0 Å². The summed E-state index contributed by atoms with van der Waals surface area (Å²) >= 11 is 1.62. The van der Waals surface area contributed by atoms with Crippen molar-refractivity contribution in [2.75, 3.05) is 0 Å². The molecule has 3 rings (SSSR count). The highest BCUT2D eigenvalue weighted by atomic mass is 32.1. The number of hydrogen-bond donors (Lipinski definition) is 1. The van der Waals surface area contributed by atoms with Crippen LogP contribution in [0.4, 0.5) is 0 Å². The van der Waals surface area contributed by atoms with E-state index >= 15 is 0 Å². The van der Waals surface area contributed by atoms with Crippen molar-refractivity contribution in [1.82, 2.24) is 0 Å². The first-order valence-electron chi connectivity index (χ1n) is 11.0. The van der Waals surface area contributed by atoms with Crippen molar-refractivity contribution in [3.8, 4) is 10.4 Å². The van der Waals surface area contributed by atoms with Crippen molar-refractivity contribution < 1.29 is 9.90 Å². The fourth-order valence-corrected chi connectivity index (χ4v) is 5.94. The van der Waals surface area contributed by atoms with Gasteiger partial charge in [0.1, 0.15) is 0 Å². The molecule has 0 saturated carbocycles. The number of aliphatic hydroxyl groups excluding tert-OH is 1. The van der Waals surface area contributed by atoms with Crippen molar-refractivity contribution in [3.05, 3.63) is 45.8 Å². The summed E-state index contributed by atoms with van der Waals surface area (Å²) in [6.45, 7) is 4.58. The molecule has 0 bridgehead atoms. The Hall–Kier alpha value is -1.45. The Morgan fingerprint density at radius 1 is 0.929 bits per heavy atom. The lowest BCUT2D eigenvalue weighted by molar-refractivity contribution is 0.112. The Morgan fingerprint density at radius 3 is 2.18 bits per heavy atom. The topological polar surface area (TPSA) is 37.3 Å². The van der Waals surface area contributed by atoms with Crippen molar-refractivity contribution in [1.29, 1.82) is 0 Å². The number of rotatable bonds is 12. The van der Waals surface area contributed by atoms with E-state index in [0.717, 1.165) is 29.6 Å². The zero-order chi connectivity index (χ0) is 20.0. The number of carbonyl (C=O) groups excluding carboxylic acids is 1. The van der Waals surface area contributed by atoms with Gasteiger partial charge in [-0.05, 0) is 47.2 Å². The van der Waals surface area contributed by atoms with Gasteiger partial charge in [-0.25, -0.2) is 0 Å².